The van der Waals surface area contributed by atoms with Gasteiger partial charge in [0.05, 0.1) is 0 Å². The smallest absolute Gasteiger partial charge is 0.226 e. The summed E-state index contributed by atoms with van der Waals surface area (Å²) in [4.78, 5) is 17.4. The maximum atomic E-state index is 12.7. The van der Waals surface area contributed by atoms with Crippen LogP contribution in [0.1, 0.15) is 43.4 Å². The summed E-state index contributed by atoms with van der Waals surface area (Å²) in [5, 5.41) is 0. The lowest BCUT2D eigenvalue weighted by atomic mass is 9.84. The van der Waals surface area contributed by atoms with Crippen molar-refractivity contribution in [2.45, 2.75) is 44.7 Å². The highest BCUT2D eigenvalue weighted by Crippen LogP contribution is 2.39. The summed E-state index contributed by atoms with van der Waals surface area (Å²) in [6.07, 6.45) is 3.78. The van der Waals surface area contributed by atoms with Gasteiger partial charge in [-0.05, 0) is 42.5 Å². The average Bonchev–Trinajstić information content (AvgIpc) is 2.68. The molecule has 4 heteroatoms. The van der Waals surface area contributed by atoms with E-state index in [9.17, 15) is 4.79 Å². The van der Waals surface area contributed by atoms with Crippen LogP contribution in [0.15, 0.2) is 54.6 Å². The molecular weight excluding hydrogens is 344 g/mol. The molecule has 2 heterocycles. The molecular formula is C22H27ClN2O. The molecule has 1 amide bonds. The lowest BCUT2D eigenvalue weighted by Gasteiger charge is -2.46. The summed E-state index contributed by atoms with van der Waals surface area (Å²) in [6, 6.07) is 19.8. The van der Waals surface area contributed by atoms with E-state index in [0.29, 0.717) is 12.5 Å². The zero-order valence-corrected chi connectivity index (χ0v) is 16.1. The average molecular weight is 371 g/mol. The van der Waals surface area contributed by atoms with E-state index in [-0.39, 0.29) is 24.4 Å². The van der Waals surface area contributed by atoms with E-state index in [2.05, 4.69) is 46.2 Å². The molecule has 2 atom stereocenters. The first-order valence-electron chi connectivity index (χ1n) is 9.47. The lowest BCUT2D eigenvalue weighted by molar-refractivity contribution is -0.119. The minimum absolute atomic E-state index is 0. The Bertz CT molecular complexity index is 749. The van der Waals surface area contributed by atoms with Crippen LogP contribution in [0.25, 0.3) is 0 Å². The Morgan fingerprint density at radius 3 is 2.58 bits per heavy atom. The molecule has 2 aliphatic rings. The molecule has 3 nitrogen and oxygen atoms in total. The quantitative estimate of drug-likeness (QED) is 0.787. The summed E-state index contributed by atoms with van der Waals surface area (Å²) in [5.74, 6) is 0.230. The van der Waals surface area contributed by atoms with Crippen LogP contribution < -0.4 is 4.90 Å². The number of benzene rings is 2. The summed E-state index contributed by atoms with van der Waals surface area (Å²) in [5.41, 5.74) is 3.99. The zero-order chi connectivity index (χ0) is 17.2. The zero-order valence-electron chi connectivity index (χ0n) is 15.3. The summed E-state index contributed by atoms with van der Waals surface area (Å²) in [6.45, 7) is 4.18. The number of piperidine rings is 1. The van der Waals surface area contributed by atoms with Gasteiger partial charge in [0.2, 0.25) is 5.91 Å². The predicted octanol–water partition coefficient (Wildman–Crippen LogP) is 4.61. The van der Waals surface area contributed by atoms with E-state index in [0.717, 1.165) is 38.0 Å². The number of rotatable bonds is 3. The van der Waals surface area contributed by atoms with Gasteiger partial charge in [-0.25, -0.2) is 0 Å². The van der Waals surface area contributed by atoms with Crippen molar-refractivity contribution < 1.29 is 4.79 Å². The van der Waals surface area contributed by atoms with Crippen molar-refractivity contribution >= 4 is 24.0 Å². The molecule has 0 spiro atoms. The first-order chi connectivity index (χ1) is 12.3. The van der Waals surface area contributed by atoms with Crippen molar-refractivity contribution in [2.75, 3.05) is 18.0 Å². The number of anilines is 1. The van der Waals surface area contributed by atoms with Crippen LogP contribution in [0.3, 0.4) is 0 Å². The molecule has 4 rings (SSSR count). The predicted molar refractivity (Wildman–Crippen MR) is 109 cm³/mol. The number of halogens is 1. The normalized spacial score (nSPS) is 21.9. The van der Waals surface area contributed by atoms with Crippen LogP contribution in [0, 0.1) is 0 Å². The number of para-hydroxylation sites is 1. The van der Waals surface area contributed by atoms with Crippen molar-refractivity contribution in [1.29, 1.82) is 0 Å². The summed E-state index contributed by atoms with van der Waals surface area (Å²) in [7, 11) is 0. The molecule has 26 heavy (non-hydrogen) atoms. The number of carbonyl (C=O) groups is 1. The monoisotopic (exact) mass is 370 g/mol. The van der Waals surface area contributed by atoms with Gasteiger partial charge in [0, 0.05) is 37.3 Å². The molecule has 0 aromatic heterocycles. The van der Waals surface area contributed by atoms with Crippen LogP contribution in [-0.2, 0) is 11.2 Å². The number of hydrogen-bond donors (Lipinski definition) is 0. The van der Waals surface area contributed by atoms with Crippen molar-refractivity contribution in [1.82, 2.24) is 4.90 Å². The molecule has 0 bridgehead atoms. The first kappa shape index (κ1) is 18.9. The Morgan fingerprint density at radius 1 is 1.08 bits per heavy atom. The van der Waals surface area contributed by atoms with Crippen LogP contribution >= 0.6 is 12.4 Å². The van der Waals surface area contributed by atoms with E-state index in [1.807, 2.05) is 25.1 Å². The Kier molecular flexibility index (Phi) is 6.00. The molecule has 0 unspecified atom stereocenters. The van der Waals surface area contributed by atoms with Gasteiger partial charge in [-0.3, -0.25) is 9.69 Å². The van der Waals surface area contributed by atoms with E-state index < -0.39 is 0 Å². The van der Waals surface area contributed by atoms with E-state index in [1.165, 1.54) is 11.1 Å². The van der Waals surface area contributed by atoms with E-state index in [4.69, 9.17) is 0 Å². The maximum absolute atomic E-state index is 12.7. The van der Waals surface area contributed by atoms with Gasteiger partial charge >= 0.3 is 0 Å². The Hall–Kier alpha value is -1.84. The number of amides is 1. The van der Waals surface area contributed by atoms with Gasteiger partial charge in [-0.1, -0.05) is 49.4 Å². The van der Waals surface area contributed by atoms with Gasteiger partial charge in [0.25, 0.3) is 0 Å². The van der Waals surface area contributed by atoms with Gasteiger partial charge < -0.3 is 4.90 Å². The highest BCUT2D eigenvalue weighted by atomic mass is 35.5. The van der Waals surface area contributed by atoms with Crippen LogP contribution in [0.2, 0.25) is 0 Å². The van der Waals surface area contributed by atoms with Crippen molar-refractivity contribution in [2.24, 2.45) is 0 Å². The fraction of sp³-hybridized carbons (Fsp3) is 0.409. The molecule has 0 aliphatic carbocycles. The Labute approximate surface area is 162 Å². The summed E-state index contributed by atoms with van der Waals surface area (Å²) < 4.78 is 0. The first-order valence-corrected chi connectivity index (χ1v) is 9.47. The molecule has 2 aliphatic heterocycles. The third kappa shape index (κ3) is 3.51. The highest BCUT2D eigenvalue weighted by Gasteiger charge is 2.37. The van der Waals surface area contributed by atoms with Crippen LogP contribution in [0.4, 0.5) is 5.69 Å². The number of nitrogens with zero attached hydrogens (tertiary/aromatic N) is 2. The fourth-order valence-electron chi connectivity index (χ4n) is 4.49. The topological polar surface area (TPSA) is 23.6 Å². The number of fused-ring (bicyclic) bond motifs is 3. The minimum Gasteiger partial charge on any atom is -0.309 e. The largest absolute Gasteiger partial charge is 0.309 e. The second-order valence-electron chi connectivity index (χ2n) is 7.13. The fourth-order valence-corrected chi connectivity index (χ4v) is 4.49. The molecule has 138 valence electrons. The SMILES string of the molecule is CCC(=O)N(c1ccccc1)[C@@H]1CCN2CCc3ccccc3[C@@H]2C1.Cl. The van der Waals surface area contributed by atoms with Crippen molar-refractivity contribution in [3.63, 3.8) is 0 Å². The molecule has 1 saturated heterocycles. The standard InChI is InChI=1S/C22H26N2O.ClH/c1-2-22(25)24(18-9-4-3-5-10-18)19-13-15-23-14-12-17-8-6-7-11-20(17)21(23)16-19;/h3-11,19,21H,2,12-16H2,1H3;1H/t19-,21+;/m1./s1. The van der Waals surface area contributed by atoms with Gasteiger partial charge in [0.1, 0.15) is 0 Å². The highest BCUT2D eigenvalue weighted by molar-refractivity contribution is 5.93. The number of carbonyl (C=O) groups excluding carboxylic acids is 1. The maximum Gasteiger partial charge on any atom is 0.226 e. The molecule has 0 saturated carbocycles. The lowest BCUT2D eigenvalue weighted by Crippen LogP contribution is -2.50. The minimum atomic E-state index is 0. The Morgan fingerprint density at radius 2 is 1.81 bits per heavy atom. The molecule has 1 fully saturated rings. The molecule has 0 N–H and O–H groups in total. The molecule has 2 aromatic rings. The van der Waals surface area contributed by atoms with E-state index in [1.54, 1.807) is 0 Å². The third-order valence-corrected chi connectivity index (χ3v) is 5.74. The second kappa shape index (κ2) is 8.24. The molecule has 2 aromatic carbocycles. The third-order valence-electron chi connectivity index (χ3n) is 5.74. The Balaban J connectivity index is 0.00000196. The van der Waals surface area contributed by atoms with Crippen LogP contribution in [-0.4, -0.2) is 29.9 Å². The van der Waals surface area contributed by atoms with Gasteiger partial charge in [0.15, 0.2) is 0 Å². The summed E-state index contributed by atoms with van der Waals surface area (Å²) >= 11 is 0. The van der Waals surface area contributed by atoms with Crippen molar-refractivity contribution in [3.8, 4) is 0 Å². The number of hydrogen-bond acceptors (Lipinski definition) is 2. The van der Waals surface area contributed by atoms with E-state index >= 15 is 0 Å². The van der Waals surface area contributed by atoms with Gasteiger partial charge in [-0.15, -0.1) is 12.4 Å². The second-order valence-corrected chi connectivity index (χ2v) is 7.13. The molecule has 0 radical (unpaired) electrons. The van der Waals surface area contributed by atoms with Crippen LogP contribution in [0.5, 0.6) is 0 Å². The van der Waals surface area contributed by atoms with Gasteiger partial charge in [-0.2, -0.15) is 0 Å². The van der Waals surface area contributed by atoms with Crippen molar-refractivity contribution in [3.05, 3.63) is 65.7 Å².